The van der Waals surface area contributed by atoms with Gasteiger partial charge in [-0.1, -0.05) is 69.2 Å². The van der Waals surface area contributed by atoms with Crippen LogP contribution in [0.15, 0.2) is 65.6 Å². The highest BCUT2D eigenvalue weighted by atomic mass is 32.2. The van der Waals surface area contributed by atoms with Crippen molar-refractivity contribution in [1.82, 2.24) is 10.2 Å². The van der Waals surface area contributed by atoms with Crippen LogP contribution in [0.3, 0.4) is 0 Å². The van der Waals surface area contributed by atoms with Crippen molar-refractivity contribution >= 4 is 28.0 Å². The zero-order valence-electron chi connectivity index (χ0n) is 21.9. The van der Waals surface area contributed by atoms with Crippen molar-refractivity contribution in [2.45, 2.75) is 63.2 Å². The molecule has 0 spiro atoms. The number of nitrogens with one attached hydrogen (secondary N) is 2. The zero-order chi connectivity index (χ0) is 27.8. The highest BCUT2D eigenvalue weighted by Crippen LogP contribution is 2.42. The van der Waals surface area contributed by atoms with Crippen molar-refractivity contribution < 1.29 is 32.7 Å². The van der Waals surface area contributed by atoms with Crippen LogP contribution < -0.4 is 10.2 Å². The predicted molar refractivity (Wildman–Crippen MR) is 143 cm³/mol. The lowest BCUT2D eigenvalue weighted by Gasteiger charge is -2.36. The minimum absolute atomic E-state index is 0.105. The first kappa shape index (κ1) is 29.5. The molecule has 1 saturated carbocycles. The van der Waals surface area contributed by atoms with E-state index >= 15 is 0 Å². The second kappa shape index (κ2) is 13.1. The number of hydrogen-bond acceptors (Lipinski definition) is 6. The second-order valence-corrected chi connectivity index (χ2v) is 11.5. The first-order chi connectivity index (χ1) is 18.0. The lowest BCUT2D eigenvalue weighted by Crippen LogP contribution is -2.56. The highest BCUT2D eigenvalue weighted by molar-refractivity contribution is 7.89. The van der Waals surface area contributed by atoms with Crippen LogP contribution in [0.4, 0.5) is 0 Å². The Bertz CT molecular complexity index is 1220. The monoisotopic (exact) mass is 544 g/mol. The molecule has 10 heteroatoms. The van der Waals surface area contributed by atoms with Crippen LogP contribution in [0, 0.1) is 11.8 Å². The highest BCUT2D eigenvalue weighted by Gasteiger charge is 2.51. The molecule has 0 aliphatic heterocycles. The fraction of sp³-hybridized carbons (Fsp3) is 0.429. The molecule has 206 valence electrons. The largest absolute Gasteiger partial charge is 0.480 e. The molecule has 0 aromatic heterocycles. The summed E-state index contributed by atoms with van der Waals surface area (Å²) in [6, 6.07) is 14.4. The van der Waals surface area contributed by atoms with Gasteiger partial charge < -0.3 is 9.84 Å². The number of hydrogen-bond donors (Lipinski definition) is 3. The molecule has 0 radical (unpaired) electrons. The van der Waals surface area contributed by atoms with Crippen LogP contribution in [0.2, 0.25) is 0 Å². The van der Waals surface area contributed by atoms with Crippen molar-refractivity contribution in [3.8, 4) is 0 Å². The van der Waals surface area contributed by atoms with Crippen molar-refractivity contribution in [2.75, 3.05) is 6.61 Å². The Morgan fingerprint density at radius 2 is 1.76 bits per heavy atom. The van der Waals surface area contributed by atoms with Crippen LogP contribution in [0.1, 0.15) is 57.6 Å². The molecule has 2 aromatic rings. The number of ether oxygens (including phenoxy) is 1. The Hall–Kier alpha value is -3.05. The predicted octanol–water partition coefficient (Wildman–Crippen LogP) is 4.21. The molecule has 0 bridgehead atoms. The lowest BCUT2D eigenvalue weighted by atomic mass is 9.78. The Balaban J connectivity index is 1.79. The van der Waals surface area contributed by atoms with E-state index in [1.165, 1.54) is 30.4 Å². The Morgan fingerprint density at radius 3 is 2.39 bits per heavy atom. The maximum absolute atomic E-state index is 13.5. The summed E-state index contributed by atoms with van der Waals surface area (Å²) in [7, 11) is -4.25. The quantitative estimate of drug-likeness (QED) is 0.196. The smallest absolute Gasteiger partial charge is 0.329 e. The SMILES string of the molecule is CC(C)COC(C)ONC(=O)C=Cc1cccc(S(=O)(=O)N[C@](C(=O)O)(c2ccccc2)C2CCCC2)c1. The molecule has 1 unspecified atom stereocenters. The van der Waals surface area contributed by atoms with Crippen LogP contribution in [-0.4, -0.2) is 38.3 Å². The number of amides is 1. The number of carboxylic acids is 1. The van der Waals surface area contributed by atoms with E-state index in [9.17, 15) is 23.1 Å². The third-order valence-corrected chi connectivity index (χ3v) is 7.88. The first-order valence-electron chi connectivity index (χ1n) is 12.7. The average Bonchev–Trinajstić information content (AvgIpc) is 3.44. The van der Waals surface area contributed by atoms with Gasteiger partial charge in [0.15, 0.2) is 11.8 Å². The van der Waals surface area contributed by atoms with E-state index in [0.717, 1.165) is 12.8 Å². The van der Waals surface area contributed by atoms with Gasteiger partial charge in [0.1, 0.15) is 0 Å². The van der Waals surface area contributed by atoms with Gasteiger partial charge in [-0.05, 0) is 60.9 Å². The molecular formula is C28H36N2O7S. The maximum Gasteiger partial charge on any atom is 0.329 e. The summed E-state index contributed by atoms with van der Waals surface area (Å²) >= 11 is 0. The number of carbonyl (C=O) groups excluding carboxylic acids is 1. The summed E-state index contributed by atoms with van der Waals surface area (Å²) in [5.74, 6) is -1.86. The molecule has 3 rings (SSSR count). The van der Waals surface area contributed by atoms with Crippen molar-refractivity contribution in [1.29, 1.82) is 0 Å². The first-order valence-corrected chi connectivity index (χ1v) is 14.2. The Labute approximate surface area is 224 Å². The average molecular weight is 545 g/mol. The number of hydroxylamine groups is 1. The van der Waals surface area contributed by atoms with Crippen LogP contribution >= 0.6 is 0 Å². The van der Waals surface area contributed by atoms with Gasteiger partial charge in [-0.3, -0.25) is 4.79 Å². The van der Waals surface area contributed by atoms with Crippen LogP contribution in [0.25, 0.3) is 6.08 Å². The molecule has 1 aliphatic carbocycles. The van der Waals surface area contributed by atoms with Gasteiger partial charge in [0.2, 0.25) is 10.0 Å². The summed E-state index contributed by atoms with van der Waals surface area (Å²) in [6.45, 7) is 6.13. The second-order valence-electron chi connectivity index (χ2n) is 9.85. The van der Waals surface area contributed by atoms with E-state index in [4.69, 9.17) is 9.57 Å². The Morgan fingerprint density at radius 1 is 1.08 bits per heavy atom. The number of carbonyl (C=O) groups is 2. The summed E-state index contributed by atoms with van der Waals surface area (Å²) < 4.78 is 35.1. The minimum atomic E-state index is -4.25. The fourth-order valence-corrected chi connectivity index (χ4v) is 6.01. The summed E-state index contributed by atoms with van der Waals surface area (Å²) in [5.41, 5.74) is 1.30. The number of aliphatic carboxylic acids is 1. The van der Waals surface area contributed by atoms with E-state index in [2.05, 4.69) is 10.2 Å². The van der Waals surface area contributed by atoms with Gasteiger partial charge in [0, 0.05) is 6.08 Å². The number of rotatable bonds is 13. The standard InChI is InChI=1S/C28H36N2O7S/c1-20(2)19-36-21(3)37-29-26(31)17-16-22-10-9-15-25(18-22)38(34,35)30-28(27(32)33,24-13-7-8-14-24)23-11-5-4-6-12-23/h4-6,9-12,15-18,20-21,24,30H,7-8,13-14,19H2,1-3H3,(H,29,31)(H,32,33)/t21?,28-/m1/s1. The van der Waals surface area contributed by atoms with Crippen molar-refractivity contribution in [3.63, 3.8) is 0 Å². The molecule has 1 amide bonds. The van der Waals surface area contributed by atoms with Gasteiger partial charge >= 0.3 is 5.97 Å². The molecular weight excluding hydrogens is 508 g/mol. The molecule has 2 atom stereocenters. The molecule has 0 saturated heterocycles. The van der Waals surface area contributed by atoms with E-state index in [1.54, 1.807) is 43.3 Å². The fourth-order valence-electron chi connectivity index (χ4n) is 4.54. The normalized spacial score (nSPS) is 16.9. The van der Waals surface area contributed by atoms with Gasteiger partial charge in [0.05, 0.1) is 11.5 Å². The summed E-state index contributed by atoms with van der Waals surface area (Å²) in [4.78, 5) is 29.9. The van der Waals surface area contributed by atoms with Gasteiger partial charge in [0.25, 0.3) is 5.91 Å². The van der Waals surface area contributed by atoms with Crippen molar-refractivity contribution in [3.05, 3.63) is 71.8 Å². The third kappa shape index (κ3) is 7.50. The van der Waals surface area contributed by atoms with Crippen molar-refractivity contribution in [2.24, 2.45) is 11.8 Å². The van der Waals surface area contributed by atoms with Crippen LogP contribution in [0.5, 0.6) is 0 Å². The number of sulfonamides is 1. The molecule has 0 heterocycles. The Kier molecular flexibility index (Phi) is 10.2. The molecule has 3 N–H and O–H groups in total. The number of benzene rings is 2. The van der Waals surface area contributed by atoms with E-state index in [1.807, 2.05) is 13.8 Å². The molecule has 38 heavy (non-hydrogen) atoms. The summed E-state index contributed by atoms with van der Waals surface area (Å²) in [5, 5.41) is 10.4. The molecule has 9 nitrogen and oxygen atoms in total. The van der Waals surface area contributed by atoms with Gasteiger partial charge in [-0.25, -0.2) is 23.5 Å². The maximum atomic E-state index is 13.5. The third-order valence-electron chi connectivity index (χ3n) is 6.41. The van der Waals surface area contributed by atoms with Crippen LogP contribution in [-0.2, 0) is 34.7 Å². The number of carboxylic acid groups (broad SMARTS) is 1. The molecule has 1 fully saturated rings. The molecule has 2 aromatic carbocycles. The van der Waals surface area contributed by atoms with Gasteiger partial charge in [-0.2, -0.15) is 4.72 Å². The minimum Gasteiger partial charge on any atom is -0.480 e. The summed E-state index contributed by atoms with van der Waals surface area (Å²) in [6.07, 6.45) is 4.89. The van der Waals surface area contributed by atoms with Gasteiger partial charge in [-0.15, -0.1) is 0 Å². The zero-order valence-corrected chi connectivity index (χ0v) is 22.7. The van der Waals surface area contributed by atoms with E-state index in [-0.39, 0.29) is 4.90 Å². The van der Waals surface area contributed by atoms with E-state index in [0.29, 0.717) is 36.5 Å². The lowest BCUT2D eigenvalue weighted by molar-refractivity contribution is -0.180. The van der Waals surface area contributed by atoms with E-state index < -0.39 is 39.6 Å². The topological polar surface area (TPSA) is 131 Å². The molecule has 1 aliphatic rings.